The van der Waals surface area contributed by atoms with Crippen molar-refractivity contribution in [2.75, 3.05) is 26.2 Å². The van der Waals surface area contributed by atoms with Gasteiger partial charge in [-0.1, -0.05) is 18.2 Å². The van der Waals surface area contributed by atoms with E-state index < -0.39 is 24.5 Å². The Morgan fingerprint density at radius 3 is 2.62 bits per heavy atom. The van der Waals surface area contributed by atoms with Crippen LogP contribution in [0.15, 0.2) is 30.3 Å². The van der Waals surface area contributed by atoms with Crippen LogP contribution < -0.4 is 10.1 Å². The molecule has 24 heavy (non-hydrogen) atoms. The molecule has 1 aromatic rings. The van der Waals surface area contributed by atoms with Crippen molar-refractivity contribution in [3.05, 3.63) is 30.3 Å². The quantitative estimate of drug-likeness (QED) is 0.889. The van der Waals surface area contributed by atoms with Gasteiger partial charge in [0.15, 0.2) is 6.61 Å². The van der Waals surface area contributed by atoms with Gasteiger partial charge in [0.1, 0.15) is 12.3 Å². The minimum absolute atomic E-state index is 0.112. The van der Waals surface area contributed by atoms with Crippen LogP contribution in [-0.2, 0) is 9.59 Å². The Labute approximate surface area is 137 Å². The average Bonchev–Trinajstić information content (AvgIpc) is 2.58. The summed E-state index contributed by atoms with van der Waals surface area (Å²) in [5.74, 6) is -1.02. The van der Waals surface area contributed by atoms with E-state index in [4.69, 9.17) is 4.74 Å². The third kappa shape index (κ3) is 5.75. The van der Waals surface area contributed by atoms with E-state index in [1.54, 1.807) is 24.3 Å². The molecule has 1 aliphatic heterocycles. The van der Waals surface area contributed by atoms with Crippen molar-refractivity contribution in [3.63, 3.8) is 0 Å². The number of amides is 2. The molecular formula is C16H19F3N2O3. The van der Waals surface area contributed by atoms with Crippen LogP contribution in [0, 0.1) is 5.92 Å². The third-order valence-corrected chi connectivity index (χ3v) is 3.71. The molecular weight excluding hydrogens is 325 g/mol. The summed E-state index contributed by atoms with van der Waals surface area (Å²) in [6, 6.07) is 8.82. The lowest BCUT2D eigenvalue weighted by molar-refractivity contribution is -0.144. The number of alkyl halides is 3. The van der Waals surface area contributed by atoms with Crippen LogP contribution in [-0.4, -0.2) is 49.1 Å². The van der Waals surface area contributed by atoms with E-state index in [9.17, 15) is 22.8 Å². The second-order valence-corrected chi connectivity index (χ2v) is 5.61. The molecule has 1 heterocycles. The first-order valence-corrected chi connectivity index (χ1v) is 7.65. The van der Waals surface area contributed by atoms with E-state index in [1.165, 1.54) is 4.90 Å². The second kappa shape index (κ2) is 8.03. The molecule has 1 N–H and O–H groups in total. The number of ether oxygens (including phenoxy) is 1. The first kappa shape index (κ1) is 18.1. The SMILES string of the molecule is O=C(NCC(F)(F)F)[C@H]1CCCN(C(=O)COc2ccccc2)C1. The minimum Gasteiger partial charge on any atom is -0.484 e. The first-order valence-electron chi connectivity index (χ1n) is 7.65. The van der Waals surface area contributed by atoms with Gasteiger partial charge in [-0.05, 0) is 25.0 Å². The highest BCUT2D eigenvalue weighted by Gasteiger charge is 2.32. The van der Waals surface area contributed by atoms with Gasteiger partial charge in [-0.2, -0.15) is 13.2 Å². The van der Waals surface area contributed by atoms with Gasteiger partial charge in [-0.15, -0.1) is 0 Å². The normalized spacial score (nSPS) is 18.1. The molecule has 5 nitrogen and oxygen atoms in total. The maximum atomic E-state index is 12.2. The summed E-state index contributed by atoms with van der Waals surface area (Å²) in [6.07, 6.45) is -3.41. The molecule has 0 spiro atoms. The molecule has 1 saturated heterocycles. The molecule has 1 aliphatic rings. The standard InChI is InChI=1S/C16H19F3N2O3/c17-16(18,19)11-20-15(23)12-5-4-8-21(9-12)14(22)10-24-13-6-2-1-3-7-13/h1-3,6-7,12H,4-5,8-11H2,(H,20,23)/t12-/m0/s1. The van der Waals surface area contributed by atoms with Gasteiger partial charge >= 0.3 is 6.18 Å². The van der Waals surface area contributed by atoms with Crippen molar-refractivity contribution in [1.82, 2.24) is 10.2 Å². The number of rotatable bonds is 5. The highest BCUT2D eigenvalue weighted by molar-refractivity contribution is 5.82. The highest BCUT2D eigenvalue weighted by Crippen LogP contribution is 2.18. The number of benzene rings is 1. The number of likely N-dealkylation sites (tertiary alicyclic amines) is 1. The highest BCUT2D eigenvalue weighted by atomic mass is 19.4. The van der Waals surface area contributed by atoms with E-state index in [0.717, 1.165) is 0 Å². The number of carbonyl (C=O) groups excluding carboxylic acids is 2. The number of piperidine rings is 1. The number of nitrogens with zero attached hydrogens (tertiary/aromatic N) is 1. The fourth-order valence-corrected chi connectivity index (χ4v) is 2.50. The molecule has 1 atom stereocenters. The number of para-hydroxylation sites is 1. The summed E-state index contributed by atoms with van der Waals surface area (Å²) in [5, 5.41) is 1.88. The van der Waals surface area contributed by atoms with Crippen LogP contribution in [0.25, 0.3) is 0 Å². The van der Waals surface area contributed by atoms with Crippen LogP contribution >= 0.6 is 0 Å². The van der Waals surface area contributed by atoms with Crippen molar-refractivity contribution >= 4 is 11.8 Å². The van der Waals surface area contributed by atoms with Gasteiger partial charge in [-0.25, -0.2) is 0 Å². The Kier molecular flexibility index (Phi) is 6.05. The van der Waals surface area contributed by atoms with Crippen molar-refractivity contribution in [3.8, 4) is 5.75 Å². The van der Waals surface area contributed by atoms with Crippen LogP contribution in [0.3, 0.4) is 0 Å². The number of hydrogen-bond acceptors (Lipinski definition) is 3. The van der Waals surface area contributed by atoms with E-state index in [1.807, 2.05) is 11.4 Å². The van der Waals surface area contributed by atoms with Crippen LogP contribution in [0.4, 0.5) is 13.2 Å². The zero-order chi connectivity index (χ0) is 17.6. The maximum absolute atomic E-state index is 12.2. The van der Waals surface area contributed by atoms with E-state index >= 15 is 0 Å². The monoisotopic (exact) mass is 344 g/mol. The fourth-order valence-electron chi connectivity index (χ4n) is 2.50. The first-order chi connectivity index (χ1) is 11.3. The molecule has 8 heteroatoms. The summed E-state index contributed by atoms with van der Waals surface area (Å²) in [5.41, 5.74) is 0. The molecule has 0 aromatic heterocycles. The lowest BCUT2D eigenvalue weighted by Crippen LogP contribution is -2.48. The van der Waals surface area contributed by atoms with Crippen molar-refractivity contribution in [2.24, 2.45) is 5.92 Å². The molecule has 2 amide bonds. The predicted molar refractivity (Wildman–Crippen MR) is 80.3 cm³/mol. The smallest absolute Gasteiger partial charge is 0.405 e. The summed E-state index contributed by atoms with van der Waals surface area (Å²) in [7, 11) is 0. The summed E-state index contributed by atoms with van der Waals surface area (Å²) in [6.45, 7) is -0.936. The molecule has 0 saturated carbocycles. The summed E-state index contributed by atoms with van der Waals surface area (Å²) >= 11 is 0. The Morgan fingerprint density at radius 2 is 1.96 bits per heavy atom. The Hall–Kier alpha value is -2.25. The number of nitrogens with one attached hydrogen (secondary N) is 1. The zero-order valence-electron chi connectivity index (χ0n) is 13.0. The van der Waals surface area contributed by atoms with Gasteiger partial charge in [0, 0.05) is 13.1 Å². The molecule has 1 aromatic carbocycles. The maximum Gasteiger partial charge on any atom is 0.405 e. The fraction of sp³-hybridized carbons (Fsp3) is 0.500. The van der Waals surface area contributed by atoms with Crippen LogP contribution in [0.5, 0.6) is 5.75 Å². The summed E-state index contributed by atoms with van der Waals surface area (Å²) < 4.78 is 41.8. The van der Waals surface area contributed by atoms with Gasteiger partial charge in [-0.3, -0.25) is 9.59 Å². The Bertz CT molecular complexity index is 563. The lowest BCUT2D eigenvalue weighted by Gasteiger charge is -2.32. The van der Waals surface area contributed by atoms with Gasteiger partial charge in [0.25, 0.3) is 5.91 Å². The van der Waals surface area contributed by atoms with Gasteiger partial charge < -0.3 is 15.0 Å². The van der Waals surface area contributed by atoms with Gasteiger partial charge in [0.05, 0.1) is 5.92 Å². The molecule has 0 bridgehead atoms. The Balaban J connectivity index is 1.81. The average molecular weight is 344 g/mol. The van der Waals surface area contributed by atoms with E-state index in [2.05, 4.69) is 0 Å². The molecule has 132 valence electrons. The molecule has 1 fully saturated rings. The number of halogens is 3. The largest absolute Gasteiger partial charge is 0.484 e. The molecule has 0 radical (unpaired) electrons. The minimum atomic E-state index is -4.44. The molecule has 0 aliphatic carbocycles. The third-order valence-electron chi connectivity index (χ3n) is 3.71. The van der Waals surface area contributed by atoms with Crippen LogP contribution in [0.2, 0.25) is 0 Å². The topological polar surface area (TPSA) is 58.6 Å². The second-order valence-electron chi connectivity index (χ2n) is 5.61. The number of hydrogen-bond donors (Lipinski definition) is 1. The summed E-state index contributed by atoms with van der Waals surface area (Å²) in [4.78, 5) is 25.4. The van der Waals surface area contributed by atoms with E-state index in [-0.39, 0.29) is 19.1 Å². The predicted octanol–water partition coefficient (Wildman–Crippen LogP) is 1.98. The zero-order valence-corrected chi connectivity index (χ0v) is 13.0. The van der Waals surface area contributed by atoms with Crippen molar-refractivity contribution in [1.29, 1.82) is 0 Å². The van der Waals surface area contributed by atoms with Crippen molar-refractivity contribution in [2.45, 2.75) is 19.0 Å². The van der Waals surface area contributed by atoms with Crippen LogP contribution in [0.1, 0.15) is 12.8 Å². The molecule has 2 rings (SSSR count). The van der Waals surface area contributed by atoms with E-state index in [0.29, 0.717) is 25.1 Å². The molecule has 0 unspecified atom stereocenters. The number of carbonyl (C=O) groups is 2. The van der Waals surface area contributed by atoms with Crippen molar-refractivity contribution < 1.29 is 27.5 Å². The Morgan fingerprint density at radius 1 is 1.25 bits per heavy atom. The van der Waals surface area contributed by atoms with Gasteiger partial charge in [0.2, 0.25) is 5.91 Å². The lowest BCUT2D eigenvalue weighted by atomic mass is 9.97.